The summed E-state index contributed by atoms with van der Waals surface area (Å²) in [4.78, 5) is 12.2. The molecule has 0 aliphatic rings. The van der Waals surface area contributed by atoms with Gasteiger partial charge in [-0.1, -0.05) is 46.9 Å². The predicted molar refractivity (Wildman–Crippen MR) is 106 cm³/mol. The number of nitrogens with one attached hydrogen (secondary N) is 1. The Morgan fingerprint density at radius 1 is 1.12 bits per heavy atom. The van der Waals surface area contributed by atoms with Crippen LogP contribution in [-0.2, 0) is 4.79 Å². The van der Waals surface area contributed by atoms with Gasteiger partial charge >= 0.3 is 0 Å². The highest BCUT2D eigenvalue weighted by Crippen LogP contribution is 2.29. The van der Waals surface area contributed by atoms with E-state index in [2.05, 4.69) is 25.7 Å². The highest BCUT2D eigenvalue weighted by molar-refractivity contribution is 8.01. The van der Waals surface area contributed by atoms with Crippen molar-refractivity contribution in [3.05, 3.63) is 59.1 Å². The molecule has 0 fully saturated rings. The number of aryl methyl sites for hydroxylation is 2. The molecule has 0 radical (unpaired) electrons. The van der Waals surface area contributed by atoms with Gasteiger partial charge < -0.3 is 5.32 Å². The zero-order valence-electron chi connectivity index (χ0n) is 14.3. The summed E-state index contributed by atoms with van der Waals surface area (Å²) in [6.45, 7) is 4.00. The maximum atomic E-state index is 12.2. The lowest BCUT2D eigenvalue weighted by Gasteiger charge is -2.08. The first-order valence-electron chi connectivity index (χ1n) is 7.88. The molecule has 0 saturated heterocycles. The van der Waals surface area contributed by atoms with Crippen LogP contribution < -0.4 is 5.32 Å². The standard InChI is InChI=1S/C18H17N5OS2/c1-12-3-6-14(7-4-12)21-22-16-9-13(2)5-8-15(16)20-17(24)10-25-18-23-19-11-26-18/h3-9,11H,10H2,1-2H3,(H,20,24). The Kier molecular flexibility index (Phi) is 6.08. The second-order valence-electron chi connectivity index (χ2n) is 5.60. The van der Waals surface area contributed by atoms with E-state index in [0.29, 0.717) is 11.4 Å². The first kappa shape index (κ1) is 18.2. The Hall–Kier alpha value is -2.58. The molecule has 0 unspecified atom stereocenters. The lowest BCUT2D eigenvalue weighted by Crippen LogP contribution is -2.14. The SMILES string of the molecule is Cc1ccc(N=Nc2cc(C)ccc2NC(=O)CSc2nncs2)cc1. The molecule has 0 bridgehead atoms. The van der Waals surface area contributed by atoms with Crippen molar-refractivity contribution in [2.75, 3.05) is 11.1 Å². The van der Waals surface area contributed by atoms with Gasteiger partial charge in [0.15, 0.2) is 4.34 Å². The topological polar surface area (TPSA) is 79.6 Å². The number of azo groups is 1. The Labute approximate surface area is 159 Å². The number of rotatable bonds is 6. The van der Waals surface area contributed by atoms with E-state index >= 15 is 0 Å². The highest BCUT2D eigenvalue weighted by Gasteiger charge is 2.09. The van der Waals surface area contributed by atoms with Crippen molar-refractivity contribution in [1.82, 2.24) is 10.2 Å². The molecule has 26 heavy (non-hydrogen) atoms. The highest BCUT2D eigenvalue weighted by atomic mass is 32.2. The fraction of sp³-hybridized carbons (Fsp3) is 0.167. The molecule has 3 aromatic rings. The molecule has 6 nitrogen and oxygen atoms in total. The zero-order chi connectivity index (χ0) is 18.4. The van der Waals surface area contributed by atoms with Crippen LogP contribution in [0, 0.1) is 13.8 Å². The third kappa shape index (κ3) is 5.21. The van der Waals surface area contributed by atoms with Crippen molar-refractivity contribution in [2.45, 2.75) is 18.2 Å². The van der Waals surface area contributed by atoms with Gasteiger partial charge in [-0.3, -0.25) is 4.79 Å². The van der Waals surface area contributed by atoms with Crippen LogP contribution in [0.25, 0.3) is 0 Å². The van der Waals surface area contributed by atoms with Crippen LogP contribution in [0.15, 0.2) is 62.5 Å². The average molecular weight is 384 g/mol. The fourth-order valence-electron chi connectivity index (χ4n) is 2.09. The van der Waals surface area contributed by atoms with Crippen molar-refractivity contribution in [2.24, 2.45) is 10.2 Å². The van der Waals surface area contributed by atoms with E-state index in [1.54, 1.807) is 5.51 Å². The van der Waals surface area contributed by atoms with E-state index in [9.17, 15) is 4.79 Å². The van der Waals surface area contributed by atoms with Crippen LogP contribution in [0.1, 0.15) is 11.1 Å². The van der Waals surface area contributed by atoms with E-state index in [4.69, 9.17) is 0 Å². The third-order valence-electron chi connectivity index (χ3n) is 3.40. The first-order chi connectivity index (χ1) is 12.6. The molecular weight excluding hydrogens is 366 g/mol. The molecule has 3 rings (SSSR count). The minimum atomic E-state index is -0.124. The molecule has 132 valence electrons. The van der Waals surface area contributed by atoms with E-state index in [1.165, 1.54) is 28.7 Å². The predicted octanol–water partition coefficient (Wildman–Crippen LogP) is 5.30. The first-order valence-corrected chi connectivity index (χ1v) is 9.74. The Balaban J connectivity index is 1.70. The van der Waals surface area contributed by atoms with E-state index in [-0.39, 0.29) is 11.7 Å². The fourth-order valence-corrected chi connectivity index (χ4v) is 3.38. The van der Waals surface area contributed by atoms with Crippen LogP contribution >= 0.6 is 23.1 Å². The van der Waals surface area contributed by atoms with Crippen molar-refractivity contribution < 1.29 is 4.79 Å². The van der Waals surface area contributed by atoms with Crippen molar-refractivity contribution >= 4 is 46.1 Å². The largest absolute Gasteiger partial charge is 0.323 e. The van der Waals surface area contributed by atoms with Crippen LogP contribution in [-0.4, -0.2) is 21.9 Å². The van der Waals surface area contributed by atoms with Crippen LogP contribution in [0.3, 0.4) is 0 Å². The maximum Gasteiger partial charge on any atom is 0.234 e. The number of aromatic nitrogens is 2. The molecule has 1 aromatic heterocycles. The van der Waals surface area contributed by atoms with Gasteiger partial charge in [0.2, 0.25) is 5.91 Å². The van der Waals surface area contributed by atoms with Gasteiger partial charge in [0.25, 0.3) is 0 Å². The van der Waals surface area contributed by atoms with E-state index in [1.807, 2.05) is 56.3 Å². The smallest absolute Gasteiger partial charge is 0.234 e. The lowest BCUT2D eigenvalue weighted by atomic mass is 10.2. The summed E-state index contributed by atoms with van der Waals surface area (Å²) in [5.74, 6) is 0.137. The quantitative estimate of drug-likeness (QED) is 0.462. The molecule has 0 spiro atoms. The van der Waals surface area contributed by atoms with Gasteiger partial charge in [-0.25, -0.2) is 0 Å². The number of nitrogens with zero attached hydrogens (tertiary/aromatic N) is 4. The number of thioether (sulfide) groups is 1. The monoisotopic (exact) mass is 383 g/mol. The number of anilines is 1. The van der Waals surface area contributed by atoms with Crippen LogP contribution in [0.5, 0.6) is 0 Å². The summed E-state index contributed by atoms with van der Waals surface area (Å²) in [5, 5.41) is 19.1. The Morgan fingerprint density at radius 3 is 2.62 bits per heavy atom. The number of hydrogen-bond acceptors (Lipinski definition) is 7. The molecule has 8 heteroatoms. The number of benzene rings is 2. The van der Waals surface area contributed by atoms with Gasteiger partial charge in [-0.2, -0.15) is 5.11 Å². The van der Waals surface area contributed by atoms with Gasteiger partial charge in [0.05, 0.1) is 17.1 Å². The summed E-state index contributed by atoms with van der Waals surface area (Å²) in [6, 6.07) is 13.4. The number of amides is 1. The molecule has 0 aliphatic carbocycles. The third-order valence-corrected chi connectivity index (χ3v) is 5.26. The summed E-state index contributed by atoms with van der Waals surface area (Å²) >= 11 is 2.76. The Bertz CT molecular complexity index is 908. The maximum absolute atomic E-state index is 12.2. The number of carbonyl (C=O) groups excluding carboxylic acids is 1. The molecule has 0 saturated carbocycles. The minimum absolute atomic E-state index is 0.124. The van der Waals surface area contributed by atoms with Crippen molar-refractivity contribution in [3.8, 4) is 0 Å². The van der Waals surface area contributed by atoms with Crippen LogP contribution in [0.2, 0.25) is 0 Å². The summed E-state index contributed by atoms with van der Waals surface area (Å²) in [7, 11) is 0. The molecule has 1 N–H and O–H groups in total. The van der Waals surface area contributed by atoms with Gasteiger partial charge in [0, 0.05) is 0 Å². The lowest BCUT2D eigenvalue weighted by molar-refractivity contribution is -0.113. The normalized spacial score (nSPS) is 11.0. The molecule has 1 amide bonds. The second kappa shape index (κ2) is 8.68. The molecule has 1 heterocycles. The number of hydrogen-bond donors (Lipinski definition) is 1. The zero-order valence-corrected chi connectivity index (χ0v) is 16.0. The molecular formula is C18H17N5OS2. The summed E-state index contributed by atoms with van der Waals surface area (Å²) < 4.78 is 0.767. The number of carbonyl (C=O) groups is 1. The Morgan fingerprint density at radius 2 is 1.88 bits per heavy atom. The second-order valence-corrected chi connectivity index (χ2v) is 7.65. The molecule has 2 aromatic carbocycles. The molecule has 0 aliphatic heterocycles. The minimum Gasteiger partial charge on any atom is -0.323 e. The van der Waals surface area contributed by atoms with Gasteiger partial charge in [0.1, 0.15) is 11.2 Å². The average Bonchev–Trinajstić information content (AvgIpc) is 3.15. The van der Waals surface area contributed by atoms with Gasteiger partial charge in [-0.05, 0) is 43.7 Å². The molecule has 0 atom stereocenters. The summed E-state index contributed by atoms with van der Waals surface area (Å²) in [5.41, 5.74) is 5.88. The van der Waals surface area contributed by atoms with Crippen molar-refractivity contribution in [1.29, 1.82) is 0 Å². The van der Waals surface area contributed by atoms with Crippen LogP contribution in [0.4, 0.5) is 17.1 Å². The van der Waals surface area contributed by atoms with E-state index in [0.717, 1.165) is 15.6 Å². The van der Waals surface area contributed by atoms with E-state index < -0.39 is 0 Å². The van der Waals surface area contributed by atoms with Crippen molar-refractivity contribution in [3.63, 3.8) is 0 Å². The summed E-state index contributed by atoms with van der Waals surface area (Å²) in [6.07, 6.45) is 0. The van der Waals surface area contributed by atoms with Gasteiger partial charge in [-0.15, -0.1) is 15.3 Å².